The number of hydrogen-bond acceptors (Lipinski definition) is 4. The van der Waals surface area contributed by atoms with E-state index in [4.69, 9.17) is 5.73 Å². The van der Waals surface area contributed by atoms with Crippen molar-refractivity contribution in [2.45, 2.75) is 0 Å². The third-order valence-electron chi connectivity index (χ3n) is 3.55. The Bertz CT molecular complexity index is 1070. The molecule has 0 aliphatic carbocycles. The predicted octanol–water partition coefficient (Wildman–Crippen LogP) is 2.77. The van der Waals surface area contributed by atoms with Gasteiger partial charge in [-0.15, -0.1) is 0 Å². The molecule has 24 heavy (non-hydrogen) atoms. The lowest BCUT2D eigenvalue weighted by Crippen LogP contribution is -1.96. The average Bonchev–Trinajstić information content (AvgIpc) is 3.03. The second-order valence-corrected chi connectivity index (χ2v) is 5.22. The van der Waals surface area contributed by atoms with E-state index in [1.807, 2.05) is 48.5 Å². The molecule has 5 heteroatoms. The number of imidazole rings is 1. The molecule has 4 rings (SSSR count). The summed E-state index contributed by atoms with van der Waals surface area (Å²) in [6.45, 7) is 0. The zero-order valence-corrected chi connectivity index (χ0v) is 12.7. The summed E-state index contributed by atoms with van der Waals surface area (Å²) in [6, 6.07) is 17.5. The lowest BCUT2D eigenvalue weighted by atomic mass is 10.1. The maximum absolute atomic E-state index is 5.67. The lowest BCUT2D eigenvalue weighted by Gasteiger charge is -2.01. The molecule has 0 atom stereocenters. The Balaban J connectivity index is 1.77. The fraction of sp³-hybridized carbons (Fsp3) is 0. The first-order valence-electron chi connectivity index (χ1n) is 7.43. The first-order valence-corrected chi connectivity index (χ1v) is 7.43. The van der Waals surface area contributed by atoms with Gasteiger partial charge in [-0.05, 0) is 30.2 Å². The zero-order valence-electron chi connectivity index (χ0n) is 12.7. The molecule has 0 saturated carbocycles. The number of hydrogen-bond donors (Lipinski definition) is 1. The number of nitrogens with two attached hydrogens (primary N) is 1. The van der Waals surface area contributed by atoms with E-state index in [2.05, 4.69) is 26.9 Å². The van der Waals surface area contributed by atoms with Crippen molar-refractivity contribution in [2.75, 3.05) is 5.73 Å². The van der Waals surface area contributed by atoms with Gasteiger partial charge in [0, 0.05) is 17.3 Å². The van der Waals surface area contributed by atoms with Crippen LogP contribution < -0.4 is 5.73 Å². The number of aromatic nitrogens is 4. The van der Waals surface area contributed by atoms with Crippen LogP contribution in [0, 0.1) is 11.8 Å². The monoisotopic (exact) mass is 311 g/mol. The molecule has 0 spiro atoms. The van der Waals surface area contributed by atoms with E-state index in [1.165, 1.54) is 0 Å². The molecule has 0 fully saturated rings. The number of pyridine rings is 1. The van der Waals surface area contributed by atoms with Crippen molar-refractivity contribution in [3.8, 4) is 23.1 Å². The van der Waals surface area contributed by atoms with E-state index in [0.717, 1.165) is 28.2 Å². The Hall–Kier alpha value is -3.65. The summed E-state index contributed by atoms with van der Waals surface area (Å²) < 4.78 is 1.75. The van der Waals surface area contributed by atoms with E-state index in [1.54, 1.807) is 23.0 Å². The molecule has 3 heterocycles. The summed E-state index contributed by atoms with van der Waals surface area (Å²) in [5.41, 5.74) is 9.88. The molecule has 5 nitrogen and oxygen atoms in total. The van der Waals surface area contributed by atoms with Crippen molar-refractivity contribution in [3.05, 3.63) is 78.2 Å². The first-order chi connectivity index (χ1) is 11.8. The second kappa shape index (κ2) is 5.86. The SMILES string of the molecule is Nc1cc(C#Cc2cnc3ccc(-c4ccccc4)nn23)ccn1. The lowest BCUT2D eigenvalue weighted by molar-refractivity contribution is 0.930. The van der Waals surface area contributed by atoms with Crippen molar-refractivity contribution in [1.82, 2.24) is 19.6 Å². The molecule has 0 aliphatic rings. The van der Waals surface area contributed by atoms with E-state index >= 15 is 0 Å². The second-order valence-electron chi connectivity index (χ2n) is 5.22. The van der Waals surface area contributed by atoms with E-state index < -0.39 is 0 Å². The van der Waals surface area contributed by atoms with Crippen molar-refractivity contribution >= 4 is 11.5 Å². The standard InChI is InChI=1S/C19H13N5/c20-18-12-14(10-11-21-18)6-7-16-13-22-19-9-8-17(23-24(16)19)15-4-2-1-3-5-15/h1-5,8-13H,(H2,20,21). The van der Waals surface area contributed by atoms with Gasteiger partial charge in [-0.1, -0.05) is 36.3 Å². The summed E-state index contributed by atoms with van der Waals surface area (Å²) in [6.07, 6.45) is 3.36. The first kappa shape index (κ1) is 14.0. The third kappa shape index (κ3) is 2.69. The Labute approximate surface area is 138 Å². The van der Waals surface area contributed by atoms with Crippen LogP contribution in [0.3, 0.4) is 0 Å². The van der Waals surface area contributed by atoms with E-state index in [-0.39, 0.29) is 0 Å². The predicted molar refractivity (Wildman–Crippen MR) is 93.1 cm³/mol. The Kier molecular flexibility index (Phi) is 3.41. The summed E-state index contributed by atoms with van der Waals surface area (Å²) in [7, 11) is 0. The van der Waals surface area contributed by atoms with Crippen LogP contribution in [0.2, 0.25) is 0 Å². The maximum Gasteiger partial charge on any atom is 0.154 e. The quantitative estimate of drug-likeness (QED) is 0.549. The summed E-state index contributed by atoms with van der Waals surface area (Å²) in [5.74, 6) is 6.61. The van der Waals surface area contributed by atoms with Gasteiger partial charge in [0.2, 0.25) is 0 Å². The third-order valence-corrected chi connectivity index (χ3v) is 3.55. The van der Waals surface area contributed by atoms with Crippen LogP contribution in [0.4, 0.5) is 5.82 Å². The van der Waals surface area contributed by atoms with Crippen molar-refractivity contribution in [1.29, 1.82) is 0 Å². The number of fused-ring (bicyclic) bond motifs is 1. The van der Waals surface area contributed by atoms with Crippen LogP contribution in [0.1, 0.15) is 11.3 Å². The Morgan fingerprint density at radius 3 is 2.62 bits per heavy atom. The summed E-state index contributed by atoms with van der Waals surface area (Å²) >= 11 is 0. The highest BCUT2D eigenvalue weighted by Gasteiger charge is 2.05. The average molecular weight is 311 g/mol. The minimum absolute atomic E-state index is 0.449. The molecule has 0 unspecified atom stereocenters. The number of anilines is 1. The van der Waals surface area contributed by atoms with Crippen molar-refractivity contribution in [3.63, 3.8) is 0 Å². The molecule has 0 radical (unpaired) electrons. The highest BCUT2D eigenvalue weighted by molar-refractivity contribution is 5.60. The molecule has 0 aliphatic heterocycles. The molecular formula is C19H13N5. The minimum Gasteiger partial charge on any atom is -0.384 e. The van der Waals surface area contributed by atoms with Gasteiger partial charge in [0.15, 0.2) is 5.65 Å². The number of rotatable bonds is 1. The molecule has 2 N–H and O–H groups in total. The number of nitrogens with zero attached hydrogens (tertiary/aromatic N) is 4. The van der Waals surface area contributed by atoms with Crippen molar-refractivity contribution in [2.24, 2.45) is 0 Å². The van der Waals surface area contributed by atoms with Gasteiger partial charge in [0.05, 0.1) is 11.9 Å². The smallest absolute Gasteiger partial charge is 0.154 e. The normalized spacial score (nSPS) is 10.3. The molecule has 0 bridgehead atoms. The number of nitrogen functional groups attached to an aromatic ring is 1. The van der Waals surface area contributed by atoms with Gasteiger partial charge >= 0.3 is 0 Å². The van der Waals surface area contributed by atoms with Crippen LogP contribution in [0.25, 0.3) is 16.9 Å². The van der Waals surface area contributed by atoms with Gasteiger partial charge in [0.1, 0.15) is 11.5 Å². The van der Waals surface area contributed by atoms with Crippen LogP contribution >= 0.6 is 0 Å². The molecule has 114 valence electrons. The Morgan fingerprint density at radius 2 is 1.79 bits per heavy atom. The molecule has 4 aromatic rings. The van der Waals surface area contributed by atoms with E-state index in [0.29, 0.717) is 5.82 Å². The summed E-state index contributed by atoms with van der Waals surface area (Å²) in [5, 5.41) is 4.65. The largest absolute Gasteiger partial charge is 0.384 e. The van der Waals surface area contributed by atoms with Gasteiger partial charge in [-0.25, -0.2) is 14.5 Å². The zero-order chi connectivity index (χ0) is 16.4. The maximum atomic E-state index is 5.67. The van der Waals surface area contributed by atoms with Crippen LogP contribution in [0.15, 0.2) is 67.0 Å². The van der Waals surface area contributed by atoms with E-state index in [9.17, 15) is 0 Å². The van der Waals surface area contributed by atoms with Crippen LogP contribution in [-0.4, -0.2) is 19.6 Å². The molecule has 0 saturated heterocycles. The molecule has 0 amide bonds. The molecule has 1 aromatic carbocycles. The highest BCUT2D eigenvalue weighted by atomic mass is 15.3. The van der Waals surface area contributed by atoms with Crippen LogP contribution in [-0.2, 0) is 0 Å². The fourth-order valence-electron chi connectivity index (χ4n) is 2.38. The molecule has 3 aromatic heterocycles. The minimum atomic E-state index is 0.449. The number of benzene rings is 1. The summed E-state index contributed by atoms with van der Waals surface area (Å²) in [4.78, 5) is 8.30. The van der Waals surface area contributed by atoms with Gasteiger partial charge in [-0.2, -0.15) is 5.10 Å². The topological polar surface area (TPSA) is 69.1 Å². The fourth-order valence-corrected chi connectivity index (χ4v) is 2.38. The highest BCUT2D eigenvalue weighted by Crippen LogP contribution is 2.17. The van der Waals surface area contributed by atoms with Gasteiger partial charge in [-0.3, -0.25) is 0 Å². The molecular weight excluding hydrogens is 298 g/mol. The van der Waals surface area contributed by atoms with Crippen LogP contribution in [0.5, 0.6) is 0 Å². The van der Waals surface area contributed by atoms with Gasteiger partial charge < -0.3 is 5.73 Å². The van der Waals surface area contributed by atoms with Gasteiger partial charge in [0.25, 0.3) is 0 Å². The van der Waals surface area contributed by atoms with Crippen molar-refractivity contribution < 1.29 is 0 Å². The Morgan fingerprint density at radius 1 is 0.917 bits per heavy atom.